The summed E-state index contributed by atoms with van der Waals surface area (Å²) in [5.74, 6) is 0.0136. The molecule has 1 aliphatic rings. The quantitative estimate of drug-likeness (QED) is 0.713. The number of thiophene rings is 1. The highest BCUT2D eigenvalue weighted by atomic mass is 32.1. The number of aryl methyl sites for hydroxylation is 2. The zero-order chi connectivity index (χ0) is 18.7. The monoisotopic (exact) mass is 370 g/mol. The standard InChI is InChI=1S/C20H22N2O3S/c1-12-11-17(13(2)26-12)18(23)9-10-19(24)21-15-5-7-16(8-6-15)22-20(25)14-3-4-14/h5-8,11,14H,3-4,9-10H2,1-2H3,(H,21,24)(H,22,25). The third-order valence-electron chi connectivity index (χ3n) is 4.30. The Hall–Kier alpha value is -2.47. The number of benzene rings is 1. The second kappa shape index (κ2) is 7.83. The fraction of sp³-hybridized carbons (Fsp3) is 0.350. The van der Waals surface area contributed by atoms with Crippen molar-refractivity contribution in [2.75, 3.05) is 10.6 Å². The number of Topliss-reactive ketones (excluding diaryl/α,β-unsaturated/α-hetero) is 1. The van der Waals surface area contributed by atoms with Crippen LogP contribution in [0, 0.1) is 19.8 Å². The summed E-state index contributed by atoms with van der Waals surface area (Å²) < 4.78 is 0. The molecule has 1 heterocycles. The second-order valence-corrected chi connectivity index (χ2v) is 8.10. The minimum absolute atomic E-state index is 0.000126. The van der Waals surface area contributed by atoms with Crippen LogP contribution in [0.1, 0.15) is 45.8 Å². The van der Waals surface area contributed by atoms with Crippen molar-refractivity contribution in [1.29, 1.82) is 0 Å². The van der Waals surface area contributed by atoms with Gasteiger partial charge in [0.1, 0.15) is 0 Å². The van der Waals surface area contributed by atoms with Gasteiger partial charge in [0.05, 0.1) is 0 Å². The van der Waals surface area contributed by atoms with E-state index in [2.05, 4.69) is 10.6 Å². The highest BCUT2D eigenvalue weighted by Gasteiger charge is 2.29. The summed E-state index contributed by atoms with van der Waals surface area (Å²) >= 11 is 1.59. The molecule has 5 nitrogen and oxygen atoms in total. The molecule has 1 fully saturated rings. The Balaban J connectivity index is 1.47. The van der Waals surface area contributed by atoms with Crippen molar-refractivity contribution in [2.24, 2.45) is 5.92 Å². The minimum atomic E-state index is -0.197. The summed E-state index contributed by atoms with van der Waals surface area (Å²) in [6, 6.07) is 8.90. The number of ketones is 1. The van der Waals surface area contributed by atoms with Gasteiger partial charge in [-0.3, -0.25) is 14.4 Å². The first-order valence-electron chi connectivity index (χ1n) is 8.73. The molecule has 3 rings (SSSR count). The summed E-state index contributed by atoms with van der Waals surface area (Å²) in [6.45, 7) is 3.90. The van der Waals surface area contributed by atoms with Crippen molar-refractivity contribution in [2.45, 2.75) is 39.5 Å². The first-order valence-corrected chi connectivity index (χ1v) is 9.55. The van der Waals surface area contributed by atoms with E-state index >= 15 is 0 Å². The highest BCUT2D eigenvalue weighted by Crippen LogP contribution is 2.30. The lowest BCUT2D eigenvalue weighted by molar-refractivity contribution is -0.117. The van der Waals surface area contributed by atoms with Crippen LogP contribution in [0.15, 0.2) is 30.3 Å². The Bertz CT molecular complexity index is 835. The van der Waals surface area contributed by atoms with Gasteiger partial charge in [-0.05, 0) is 57.0 Å². The molecule has 0 radical (unpaired) electrons. The molecule has 0 spiro atoms. The second-order valence-electron chi connectivity index (χ2n) is 6.64. The Labute approximate surface area is 156 Å². The van der Waals surface area contributed by atoms with E-state index in [1.54, 1.807) is 35.6 Å². The van der Waals surface area contributed by atoms with E-state index in [-0.39, 0.29) is 36.4 Å². The maximum absolute atomic E-state index is 12.2. The number of nitrogens with one attached hydrogen (secondary N) is 2. The molecular formula is C20H22N2O3S. The average molecular weight is 370 g/mol. The van der Waals surface area contributed by atoms with Gasteiger partial charge in [0.15, 0.2) is 5.78 Å². The molecule has 26 heavy (non-hydrogen) atoms. The molecule has 0 aliphatic heterocycles. The molecule has 1 aliphatic carbocycles. The lowest BCUT2D eigenvalue weighted by Gasteiger charge is -2.07. The molecule has 0 unspecified atom stereocenters. The van der Waals surface area contributed by atoms with Gasteiger partial charge in [-0.1, -0.05) is 0 Å². The zero-order valence-corrected chi connectivity index (χ0v) is 15.7. The molecule has 0 atom stereocenters. The van der Waals surface area contributed by atoms with Crippen LogP contribution >= 0.6 is 11.3 Å². The van der Waals surface area contributed by atoms with Crippen LogP contribution in [-0.4, -0.2) is 17.6 Å². The number of carbonyl (C=O) groups is 3. The number of hydrogen-bond acceptors (Lipinski definition) is 4. The van der Waals surface area contributed by atoms with Gasteiger partial charge in [0, 0.05) is 45.5 Å². The van der Waals surface area contributed by atoms with Gasteiger partial charge in [-0.2, -0.15) is 0 Å². The van der Waals surface area contributed by atoms with Crippen LogP contribution in [0.3, 0.4) is 0 Å². The lowest BCUT2D eigenvalue weighted by atomic mass is 10.1. The molecular weight excluding hydrogens is 348 g/mol. The van der Waals surface area contributed by atoms with Crippen LogP contribution in [0.25, 0.3) is 0 Å². The number of carbonyl (C=O) groups excluding carboxylic acids is 3. The SMILES string of the molecule is Cc1cc(C(=O)CCC(=O)Nc2ccc(NC(=O)C3CC3)cc2)c(C)s1. The molecule has 136 valence electrons. The van der Waals surface area contributed by atoms with Gasteiger partial charge in [0.25, 0.3) is 0 Å². The van der Waals surface area contributed by atoms with Crippen LogP contribution in [0.4, 0.5) is 11.4 Å². The van der Waals surface area contributed by atoms with Crippen molar-refractivity contribution in [3.63, 3.8) is 0 Å². The molecule has 2 aromatic rings. The first-order chi connectivity index (χ1) is 12.4. The van der Waals surface area contributed by atoms with Crippen LogP contribution in [0.2, 0.25) is 0 Å². The Morgan fingerprint density at radius 1 is 1.00 bits per heavy atom. The molecule has 0 bridgehead atoms. The van der Waals surface area contributed by atoms with Crippen LogP contribution < -0.4 is 10.6 Å². The van der Waals surface area contributed by atoms with Gasteiger partial charge in [0.2, 0.25) is 11.8 Å². The summed E-state index contributed by atoms with van der Waals surface area (Å²) in [5, 5.41) is 5.64. The fourth-order valence-electron chi connectivity index (χ4n) is 2.72. The predicted octanol–water partition coefficient (Wildman–Crippen LogP) is 4.32. The molecule has 2 N–H and O–H groups in total. The molecule has 6 heteroatoms. The van der Waals surface area contributed by atoms with Gasteiger partial charge < -0.3 is 10.6 Å². The van der Waals surface area contributed by atoms with E-state index in [1.165, 1.54) is 0 Å². The Kier molecular flexibility index (Phi) is 5.52. The van der Waals surface area contributed by atoms with E-state index in [1.807, 2.05) is 19.9 Å². The number of hydrogen-bond donors (Lipinski definition) is 2. The summed E-state index contributed by atoms with van der Waals surface area (Å²) in [6.07, 6.45) is 2.26. The maximum Gasteiger partial charge on any atom is 0.227 e. The van der Waals surface area contributed by atoms with Gasteiger partial charge in [-0.15, -0.1) is 11.3 Å². The molecule has 1 aromatic heterocycles. The van der Waals surface area contributed by atoms with E-state index in [9.17, 15) is 14.4 Å². The van der Waals surface area contributed by atoms with E-state index in [4.69, 9.17) is 0 Å². The largest absolute Gasteiger partial charge is 0.326 e. The number of rotatable bonds is 7. The topological polar surface area (TPSA) is 75.3 Å². The first kappa shape index (κ1) is 18.3. The van der Waals surface area contributed by atoms with E-state index in [0.717, 1.165) is 33.8 Å². The molecule has 2 amide bonds. The fourth-order valence-corrected chi connectivity index (χ4v) is 3.66. The van der Waals surface area contributed by atoms with Crippen molar-refractivity contribution >= 4 is 40.3 Å². The third-order valence-corrected chi connectivity index (χ3v) is 5.27. The van der Waals surface area contributed by atoms with Crippen molar-refractivity contribution in [3.05, 3.63) is 45.6 Å². The highest BCUT2D eigenvalue weighted by molar-refractivity contribution is 7.12. The van der Waals surface area contributed by atoms with E-state index in [0.29, 0.717) is 5.69 Å². The van der Waals surface area contributed by atoms with E-state index < -0.39 is 0 Å². The summed E-state index contributed by atoms with van der Waals surface area (Å²) in [5.41, 5.74) is 2.09. The molecule has 0 saturated heterocycles. The number of amides is 2. The maximum atomic E-state index is 12.2. The predicted molar refractivity (Wildman–Crippen MR) is 104 cm³/mol. The Morgan fingerprint density at radius 2 is 1.62 bits per heavy atom. The van der Waals surface area contributed by atoms with Gasteiger partial charge >= 0.3 is 0 Å². The van der Waals surface area contributed by atoms with Crippen molar-refractivity contribution in [1.82, 2.24) is 0 Å². The van der Waals surface area contributed by atoms with Gasteiger partial charge in [-0.25, -0.2) is 0 Å². The smallest absolute Gasteiger partial charge is 0.227 e. The van der Waals surface area contributed by atoms with Crippen molar-refractivity contribution < 1.29 is 14.4 Å². The lowest BCUT2D eigenvalue weighted by Crippen LogP contribution is -2.14. The molecule has 1 saturated carbocycles. The van der Waals surface area contributed by atoms with Crippen LogP contribution in [-0.2, 0) is 9.59 Å². The van der Waals surface area contributed by atoms with Crippen LogP contribution in [0.5, 0.6) is 0 Å². The normalized spacial score (nSPS) is 13.3. The Morgan fingerprint density at radius 3 is 2.15 bits per heavy atom. The molecule has 1 aromatic carbocycles. The summed E-state index contributed by atoms with van der Waals surface area (Å²) in [4.78, 5) is 38.1. The third kappa shape index (κ3) is 4.79. The number of anilines is 2. The summed E-state index contributed by atoms with van der Waals surface area (Å²) in [7, 11) is 0. The van der Waals surface area contributed by atoms with Crippen molar-refractivity contribution in [3.8, 4) is 0 Å². The average Bonchev–Trinajstić information content (AvgIpc) is 3.39. The minimum Gasteiger partial charge on any atom is -0.326 e. The zero-order valence-electron chi connectivity index (χ0n) is 14.9.